The highest BCUT2D eigenvalue weighted by molar-refractivity contribution is 5.32. The van der Waals surface area contributed by atoms with Crippen molar-refractivity contribution in [2.24, 2.45) is 11.6 Å². The second-order valence-corrected chi connectivity index (χ2v) is 4.36. The summed E-state index contributed by atoms with van der Waals surface area (Å²) < 4.78 is 5.58. The molecule has 0 aliphatic heterocycles. The second kappa shape index (κ2) is 12.4. The minimum Gasteiger partial charge on any atom is -0.494 e. The number of hydrogen-bond acceptors (Lipinski definition) is 5. The maximum Gasteiger partial charge on any atom is 0.290 e. The van der Waals surface area contributed by atoms with Crippen molar-refractivity contribution in [2.45, 2.75) is 32.2 Å². The molecule has 0 saturated heterocycles. The topological polar surface area (TPSA) is 108 Å². The summed E-state index contributed by atoms with van der Waals surface area (Å²) in [7, 11) is 0. The zero-order valence-corrected chi connectivity index (χ0v) is 11.8. The lowest BCUT2D eigenvalue weighted by Gasteiger charge is -2.08. The fraction of sp³-hybridized carbons (Fsp3) is 0.500. The number of ether oxygens (including phenoxy) is 1. The Morgan fingerprint density at radius 1 is 1.25 bits per heavy atom. The summed E-state index contributed by atoms with van der Waals surface area (Å²) in [4.78, 5) is 12.8. The summed E-state index contributed by atoms with van der Waals surface area (Å²) in [5.41, 5.74) is 6.98. The lowest BCUT2D eigenvalue weighted by molar-refractivity contribution is -0.122. The van der Waals surface area contributed by atoms with Gasteiger partial charge in [0.05, 0.1) is 13.2 Å². The van der Waals surface area contributed by atoms with Crippen molar-refractivity contribution in [3.63, 3.8) is 0 Å². The van der Waals surface area contributed by atoms with Crippen LogP contribution in [0.25, 0.3) is 0 Å². The Hall–Kier alpha value is -1.63. The van der Waals surface area contributed by atoms with Crippen molar-refractivity contribution in [3.8, 4) is 5.75 Å². The Morgan fingerprint density at radius 3 is 2.30 bits per heavy atom. The van der Waals surface area contributed by atoms with Crippen LogP contribution in [0.5, 0.6) is 5.75 Å². The highest BCUT2D eigenvalue weighted by atomic mass is 16.6. The summed E-state index contributed by atoms with van der Waals surface area (Å²) in [6, 6.07) is 8.27. The molecule has 0 spiro atoms. The van der Waals surface area contributed by atoms with Crippen molar-refractivity contribution in [1.82, 2.24) is 0 Å². The largest absolute Gasteiger partial charge is 0.494 e. The third-order valence-electron chi connectivity index (χ3n) is 2.41. The van der Waals surface area contributed by atoms with E-state index in [1.165, 1.54) is 5.56 Å². The molecule has 20 heavy (non-hydrogen) atoms. The first-order valence-electron chi connectivity index (χ1n) is 6.50. The molecule has 1 aromatic rings. The van der Waals surface area contributed by atoms with Gasteiger partial charge in [0.2, 0.25) is 0 Å². The Balaban J connectivity index is 0.00000110. The highest BCUT2D eigenvalue weighted by Gasteiger charge is 1.99. The molecule has 114 valence electrons. The number of nitrogens with two attached hydrogens (primary N) is 2. The average molecular weight is 284 g/mol. The number of rotatable bonds is 8. The SMILES string of the molecule is CC(N)Cc1ccc(OCCCCON)cc1.O=CO. The van der Waals surface area contributed by atoms with Gasteiger partial charge < -0.3 is 20.4 Å². The lowest BCUT2D eigenvalue weighted by atomic mass is 10.1. The van der Waals surface area contributed by atoms with Crippen LogP contribution >= 0.6 is 0 Å². The van der Waals surface area contributed by atoms with Crippen molar-refractivity contribution in [1.29, 1.82) is 0 Å². The smallest absolute Gasteiger partial charge is 0.290 e. The van der Waals surface area contributed by atoms with Crippen LogP contribution in [-0.4, -0.2) is 30.8 Å². The highest BCUT2D eigenvalue weighted by Crippen LogP contribution is 2.13. The van der Waals surface area contributed by atoms with Crippen molar-refractivity contribution < 1.29 is 19.5 Å². The minimum atomic E-state index is -0.250. The van der Waals surface area contributed by atoms with Crippen LogP contribution in [-0.2, 0) is 16.1 Å². The zero-order chi connectivity index (χ0) is 15.2. The summed E-state index contributed by atoms with van der Waals surface area (Å²) in [6.45, 7) is 3.02. The van der Waals surface area contributed by atoms with E-state index < -0.39 is 0 Å². The van der Waals surface area contributed by atoms with E-state index in [0.29, 0.717) is 13.2 Å². The molecule has 1 atom stereocenters. The minimum absolute atomic E-state index is 0.193. The molecule has 0 aliphatic carbocycles. The van der Waals surface area contributed by atoms with E-state index in [4.69, 9.17) is 26.3 Å². The molecule has 0 radical (unpaired) electrons. The fourth-order valence-electron chi connectivity index (χ4n) is 1.57. The molecule has 0 saturated carbocycles. The third kappa shape index (κ3) is 10.3. The van der Waals surface area contributed by atoms with Crippen LogP contribution in [0.3, 0.4) is 0 Å². The summed E-state index contributed by atoms with van der Waals surface area (Å²) in [6.07, 6.45) is 2.76. The average Bonchev–Trinajstić information content (AvgIpc) is 2.41. The first-order chi connectivity index (χ1) is 9.63. The molecule has 0 fully saturated rings. The third-order valence-corrected chi connectivity index (χ3v) is 2.41. The van der Waals surface area contributed by atoms with E-state index in [0.717, 1.165) is 25.0 Å². The van der Waals surface area contributed by atoms with Crippen molar-refractivity contribution in [2.75, 3.05) is 13.2 Å². The Morgan fingerprint density at radius 2 is 1.80 bits per heavy atom. The molecule has 6 heteroatoms. The molecular weight excluding hydrogens is 260 g/mol. The Labute approximate surface area is 119 Å². The fourth-order valence-corrected chi connectivity index (χ4v) is 1.57. The van der Waals surface area contributed by atoms with Crippen molar-refractivity contribution in [3.05, 3.63) is 29.8 Å². The molecular formula is C14H24N2O4. The predicted octanol–water partition coefficient (Wildman–Crippen LogP) is 1.33. The molecule has 1 aromatic carbocycles. The number of unbranched alkanes of at least 4 members (excludes halogenated alkanes) is 1. The van der Waals surface area contributed by atoms with Gasteiger partial charge in [-0.15, -0.1) is 0 Å². The quantitative estimate of drug-likeness (QED) is 0.377. The first-order valence-corrected chi connectivity index (χ1v) is 6.50. The van der Waals surface area contributed by atoms with E-state index in [9.17, 15) is 0 Å². The predicted molar refractivity (Wildman–Crippen MR) is 77.4 cm³/mol. The summed E-state index contributed by atoms with van der Waals surface area (Å²) >= 11 is 0. The molecule has 0 heterocycles. The van der Waals surface area contributed by atoms with Gasteiger partial charge in [0.1, 0.15) is 5.75 Å². The van der Waals surface area contributed by atoms with Crippen LogP contribution in [0.1, 0.15) is 25.3 Å². The number of hydrogen-bond donors (Lipinski definition) is 3. The Kier molecular flexibility index (Phi) is 11.4. The van der Waals surface area contributed by atoms with Crippen LogP contribution in [0.2, 0.25) is 0 Å². The molecule has 0 amide bonds. The molecule has 1 unspecified atom stereocenters. The summed E-state index contributed by atoms with van der Waals surface area (Å²) in [5.74, 6) is 5.82. The van der Waals surface area contributed by atoms with Gasteiger partial charge in [-0.2, -0.15) is 0 Å². The first kappa shape index (κ1) is 18.4. The van der Waals surface area contributed by atoms with E-state index in [-0.39, 0.29) is 12.5 Å². The lowest BCUT2D eigenvalue weighted by Crippen LogP contribution is -2.17. The van der Waals surface area contributed by atoms with Crippen molar-refractivity contribution >= 4 is 6.47 Å². The van der Waals surface area contributed by atoms with E-state index in [1.54, 1.807) is 0 Å². The number of carboxylic acid groups (broad SMARTS) is 1. The second-order valence-electron chi connectivity index (χ2n) is 4.36. The van der Waals surface area contributed by atoms with Gasteiger partial charge in [0, 0.05) is 6.04 Å². The number of carbonyl (C=O) groups is 1. The zero-order valence-electron chi connectivity index (χ0n) is 11.8. The molecule has 1 rings (SSSR count). The van der Waals surface area contributed by atoms with Crippen LogP contribution in [0, 0.1) is 0 Å². The molecule has 5 N–H and O–H groups in total. The van der Waals surface area contributed by atoms with Gasteiger partial charge in [-0.05, 0) is 43.9 Å². The molecule has 6 nitrogen and oxygen atoms in total. The molecule has 0 aromatic heterocycles. The van der Waals surface area contributed by atoms with E-state index in [1.807, 2.05) is 19.1 Å². The van der Waals surface area contributed by atoms with Gasteiger partial charge in [0.15, 0.2) is 0 Å². The normalized spacial score (nSPS) is 11.2. The van der Waals surface area contributed by atoms with Gasteiger partial charge in [0.25, 0.3) is 6.47 Å². The van der Waals surface area contributed by atoms with Gasteiger partial charge in [-0.25, -0.2) is 5.90 Å². The maximum absolute atomic E-state index is 8.36. The number of benzene rings is 1. The van der Waals surface area contributed by atoms with E-state index in [2.05, 4.69) is 17.0 Å². The van der Waals surface area contributed by atoms with Gasteiger partial charge in [-0.1, -0.05) is 12.1 Å². The van der Waals surface area contributed by atoms with Crippen LogP contribution in [0.4, 0.5) is 0 Å². The summed E-state index contributed by atoms with van der Waals surface area (Å²) in [5, 5.41) is 6.89. The van der Waals surface area contributed by atoms with Crippen LogP contribution < -0.4 is 16.4 Å². The maximum atomic E-state index is 8.36. The van der Waals surface area contributed by atoms with E-state index >= 15 is 0 Å². The monoisotopic (exact) mass is 284 g/mol. The molecule has 0 aliphatic rings. The van der Waals surface area contributed by atoms with Gasteiger partial charge >= 0.3 is 0 Å². The van der Waals surface area contributed by atoms with Gasteiger partial charge in [-0.3, -0.25) is 4.79 Å². The Bertz CT molecular complexity index is 342. The van der Waals surface area contributed by atoms with Crippen LogP contribution in [0.15, 0.2) is 24.3 Å². The standard InChI is InChI=1S/C13H22N2O2.CH2O2/c1-11(14)10-12-4-6-13(7-5-12)16-8-2-3-9-17-15;2-1-3/h4-7,11H,2-3,8-10,14-15H2,1H3;1H,(H,2,3). The molecule has 0 bridgehead atoms.